The van der Waals surface area contributed by atoms with E-state index in [0.29, 0.717) is 24.1 Å². The van der Waals surface area contributed by atoms with Gasteiger partial charge in [-0.15, -0.1) is 0 Å². The molecule has 0 unspecified atom stereocenters. The number of hydrogen-bond donors (Lipinski definition) is 1. The molecule has 4 rings (SSSR count). The molecule has 130 valence electrons. The van der Waals surface area contributed by atoms with E-state index in [2.05, 4.69) is 9.88 Å². The molecule has 0 aromatic carbocycles. The van der Waals surface area contributed by atoms with E-state index in [4.69, 9.17) is 0 Å². The lowest BCUT2D eigenvalue weighted by Gasteiger charge is -2.40. The molecule has 1 saturated carbocycles. The van der Waals surface area contributed by atoms with Crippen molar-refractivity contribution in [3.05, 3.63) is 29.8 Å². The first-order valence-corrected chi connectivity index (χ1v) is 8.95. The number of fused-ring (bicyclic) bond motifs is 1. The molecule has 0 bridgehead atoms. The fourth-order valence-corrected chi connectivity index (χ4v) is 4.70. The minimum absolute atomic E-state index is 0.128. The first-order valence-electron chi connectivity index (χ1n) is 8.95. The Morgan fingerprint density at radius 3 is 2.54 bits per heavy atom. The zero-order valence-electron chi connectivity index (χ0n) is 13.8. The van der Waals surface area contributed by atoms with Crippen LogP contribution < -0.4 is 0 Å². The third-order valence-corrected chi connectivity index (χ3v) is 5.95. The monoisotopic (exact) mass is 333 g/mol. The molecule has 3 aliphatic rings. The molecule has 0 radical (unpaired) electrons. The molecule has 1 aromatic heterocycles. The van der Waals surface area contributed by atoms with Gasteiger partial charge in [0, 0.05) is 19.1 Å². The van der Waals surface area contributed by atoms with Gasteiger partial charge in [0.25, 0.3) is 5.91 Å². The van der Waals surface area contributed by atoms with Crippen molar-refractivity contribution >= 4 is 5.91 Å². The van der Waals surface area contributed by atoms with E-state index >= 15 is 0 Å². The minimum atomic E-state index is -0.432. The van der Waals surface area contributed by atoms with Crippen molar-refractivity contribution in [2.24, 2.45) is 11.8 Å². The quantitative estimate of drug-likeness (QED) is 0.892. The Labute approximate surface area is 141 Å². The van der Waals surface area contributed by atoms with E-state index in [-0.39, 0.29) is 18.1 Å². The van der Waals surface area contributed by atoms with Crippen LogP contribution in [0.1, 0.15) is 36.2 Å². The average molecular weight is 333 g/mol. The van der Waals surface area contributed by atoms with Crippen molar-refractivity contribution in [1.82, 2.24) is 14.8 Å². The number of halogens is 1. The molecule has 1 amide bonds. The minimum Gasteiger partial charge on any atom is -0.391 e. The molecule has 24 heavy (non-hydrogen) atoms. The number of pyridine rings is 1. The van der Waals surface area contributed by atoms with E-state index in [9.17, 15) is 14.3 Å². The number of carbonyl (C=O) groups excluding carboxylic acids is 1. The third kappa shape index (κ3) is 2.93. The van der Waals surface area contributed by atoms with Gasteiger partial charge in [0.1, 0.15) is 11.5 Å². The maximum absolute atomic E-state index is 13.0. The van der Waals surface area contributed by atoms with Gasteiger partial charge in [0.15, 0.2) is 0 Å². The van der Waals surface area contributed by atoms with Gasteiger partial charge in [0.05, 0.1) is 12.3 Å². The van der Waals surface area contributed by atoms with E-state index in [1.165, 1.54) is 25.0 Å². The van der Waals surface area contributed by atoms with Gasteiger partial charge in [0.2, 0.25) is 0 Å². The van der Waals surface area contributed by atoms with Crippen LogP contribution in [0.15, 0.2) is 18.3 Å². The van der Waals surface area contributed by atoms with Crippen LogP contribution in [-0.4, -0.2) is 64.1 Å². The highest BCUT2D eigenvalue weighted by molar-refractivity contribution is 5.92. The Morgan fingerprint density at radius 1 is 1.17 bits per heavy atom. The van der Waals surface area contributed by atoms with E-state index < -0.39 is 5.82 Å². The third-order valence-electron chi connectivity index (χ3n) is 5.95. The van der Waals surface area contributed by atoms with Crippen molar-refractivity contribution in [1.29, 1.82) is 0 Å². The maximum Gasteiger partial charge on any atom is 0.272 e. The van der Waals surface area contributed by atoms with Crippen molar-refractivity contribution in [3.8, 4) is 0 Å². The van der Waals surface area contributed by atoms with Crippen LogP contribution >= 0.6 is 0 Å². The standard InChI is InChI=1S/C18H24FN3O2/c19-14-3-4-15(20-9-14)18(24)22-10-12-7-16(21-5-1-2-6-21)17(23)8-13(12)11-22/h3-4,9,12-13,16-17,23H,1-2,5-8,10-11H2/t12-,13+,16-,17-/m1/s1. The van der Waals surface area contributed by atoms with Crippen LogP contribution in [-0.2, 0) is 0 Å². The molecule has 1 aromatic rings. The van der Waals surface area contributed by atoms with Gasteiger partial charge in [-0.2, -0.15) is 0 Å². The first-order chi connectivity index (χ1) is 11.6. The van der Waals surface area contributed by atoms with Crippen LogP contribution in [0.2, 0.25) is 0 Å². The van der Waals surface area contributed by atoms with Crippen LogP contribution in [0.5, 0.6) is 0 Å². The summed E-state index contributed by atoms with van der Waals surface area (Å²) in [6, 6.07) is 2.96. The second-order valence-corrected chi connectivity index (χ2v) is 7.44. The Balaban J connectivity index is 1.43. The van der Waals surface area contributed by atoms with Gasteiger partial charge >= 0.3 is 0 Å². The summed E-state index contributed by atoms with van der Waals surface area (Å²) in [4.78, 5) is 20.7. The fraction of sp³-hybridized carbons (Fsp3) is 0.667. The van der Waals surface area contributed by atoms with Gasteiger partial charge in [-0.05, 0) is 62.7 Å². The summed E-state index contributed by atoms with van der Waals surface area (Å²) in [7, 11) is 0. The number of hydrogen-bond acceptors (Lipinski definition) is 4. The molecule has 2 aliphatic heterocycles. The lowest BCUT2D eigenvalue weighted by molar-refractivity contribution is -0.000864. The molecule has 1 aliphatic carbocycles. The first kappa shape index (κ1) is 16.0. The summed E-state index contributed by atoms with van der Waals surface area (Å²) < 4.78 is 13.0. The van der Waals surface area contributed by atoms with Gasteiger partial charge in [-0.3, -0.25) is 9.69 Å². The predicted molar refractivity (Wildman–Crippen MR) is 86.9 cm³/mol. The Morgan fingerprint density at radius 2 is 1.88 bits per heavy atom. The number of amides is 1. The molecule has 6 heteroatoms. The SMILES string of the molecule is O=C(c1ccc(F)cn1)N1C[C@H]2C[C@@H](N3CCCC3)[C@H](O)C[C@H]2C1. The van der Waals surface area contributed by atoms with Crippen LogP contribution in [0.3, 0.4) is 0 Å². The zero-order chi connectivity index (χ0) is 16.7. The number of aliphatic hydroxyl groups excluding tert-OH is 1. The topological polar surface area (TPSA) is 56.7 Å². The number of nitrogens with zero attached hydrogens (tertiary/aromatic N) is 3. The van der Waals surface area contributed by atoms with Crippen LogP contribution in [0.4, 0.5) is 4.39 Å². The Hall–Kier alpha value is -1.53. The summed E-state index contributed by atoms with van der Waals surface area (Å²) in [5.41, 5.74) is 0.298. The molecule has 3 fully saturated rings. The van der Waals surface area contributed by atoms with Crippen molar-refractivity contribution in [2.75, 3.05) is 26.2 Å². The number of aliphatic hydroxyl groups is 1. The summed E-state index contributed by atoms with van der Waals surface area (Å²) in [5.74, 6) is 0.251. The number of likely N-dealkylation sites (tertiary alicyclic amines) is 2. The second-order valence-electron chi connectivity index (χ2n) is 7.44. The second kappa shape index (κ2) is 6.41. The van der Waals surface area contributed by atoms with E-state index in [1.807, 2.05) is 4.90 Å². The summed E-state index contributed by atoms with van der Waals surface area (Å²) in [6.45, 7) is 3.56. The zero-order valence-corrected chi connectivity index (χ0v) is 13.8. The summed E-state index contributed by atoms with van der Waals surface area (Å²) in [5, 5.41) is 10.5. The number of aromatic nitrogens is 1. The van der Waals surface area contributed by atoms with Crippen LogP contribution in [0, 0.1) is 17.7 Å². The molecule has 5 nitrogen and oxygen atoms in total. The normalized spacial score (nSPS) is 33.7. The average Bonchev–Trinajstić information content (AvgIpc) is 3.23. The lowest BCUT2D eigenvalue weighted by Crippen LogP contribution is -2.48. The highest BCUT2D eigenvalue weighted by atomic mass is 19.1. The van der Waals surface area contributed by atoms with Crippen molar-refractivity contribution in [3.63, 3.8) is 0 Å². The molecular weight excluding hydrogens is 309 g/mol. The molecule has 2 saturated heterocycles. The fourth-order valence-electron chi connectivity index (χ4n) is 4.70. The molecule has 3 heterocycles. The van der Waals surface area contributed by atoms with Gasteiger partial charge in [-0.1, -0.05) is 0 Å². The predicted octanol–water partition coefficient (Wildman–Crippen LogP) is 1.53. The van der Waals surface area contributed by atoms with Crippen molar-refractivity contribution in [2.45, 2.75) is 37.8 Å². The Bertz CT molecular complexity index is 603. The van der Waals surface area contributed by atoms with Gasteiger partial charge < -0.3 is 10.0 Å². The molecule has 1 N–H and O–H groups in total. The van der Waals surface area contributed by atoms with E-state index in [0.717, 1.165) is 38.7 Å². The summed E-state index contributed by atoms with van der Waals surface area (Å²) in [6.07, 6.45) is 4.97. The van der Waals surface area contributed by atoms with Crippen LogP contribution in [0.25, 0.3) is 0 Å². The number of carbonyl (C=O) groups is 1. The largest absolute Gasteiger partial charge is 0.391 e. The number of rotatable bonds is 2. The molecule has 0 spiro atoms. The highest BCUT2D eigenvalue weighted by Crippen LogP contribution is 2.39. The highest BCUT2D eigenvalue weighted by Gasteiger charge is 2.45. The smallest absolute Gasteiger partial charge is 0.272 e. The maximum atomic E-state index is 13.0. The lowest BCUT2D eigenvalue weighted by atomic mass is 9.77. The Kier molecular flexibility index (Phi) is 4.26. The summed E-state index contributed by atoms with van der Waals surface area (Å²) >= 11 is 0. The van der Waals surface area contributed by atoms with Crippen molar-refractivity contribution < 1.29 is 14.3 Å². The molecular formula is C18H24FN3O2. The van der Waals surface area contributed by atoms with Gasteiger partial charge in [-0.25, -0.2) is 9.37 Å². The molecule has 4 atom stereocenters. The van der Waals surface area contributed by atoms with E-state index in [1.54, 1.807) is 0 Å².